The van der Waals surface area contributed by atoms with E-state index in [9.17, 15) is 18.0 Å². The van der Waals surface area contributed by atoms with Crippen LogP contribution in [0.5, 0.6) is 5.75 Å². The van der Waals surface area contributed by atoms with Gasteiger partial charge in [-0.25, -0.2) is 13.2 Å². The number of carbonyl (C=O) groups excluding carboxylic acids is 2. The Balaban J connectivity index is 1.44. The molecule has 3 aromatic rings. The van der Waals surface area contributed by atoms with E-state index in [2.05, 4.69) is 26.0 Å². The zero-order chi connectivity index (χ0) is 34.3. The van der Waals surface area contributed by atoms with Crippen molar-refractivity contribution in [2.75, 3.05) is 0 Å². The molecule has 2 N–H and O–H groups in total. The zero-order valence-electron chi connectivity index (χ0n) is 26.9. The molecule has 2 bridgehead atoms. The van der Waals surface area contributed by atoms with E-state index in [-0.39, 0.29) is 17.0 Å². The largest absolute Gasteiger partial charge is 0.491 e. The number of ether oxygens (including phenoxy) is 2. The van der Waals surface area contributed by atoms with Crippen molar-refractivity contribution in [3.8, 4) is 5.75 Å². The Hall–Kier alpha value is -3.29. The molecule has 254 valence electrons. The lowest BCUT2D eigenvalue weighted by atomic mass is 9.94. The highest BCUT2D eigenvalue weighted by atomic mass is 79.9. The van der Waals surface area contributed by atoms with Crippen molar-refractivity contribution < 1.29 is 36.3 Å². The quantitative estimate of drug-likeness (QED) is 0.248. The first-order chi connectivity index (χ1) is 21.9. The summed E-state index contributed by atoms with van der Waals surface area (Å²) in [6, 6.07) is 10.9. The Morgan fingerprint density at radius 2 is 1.53 bits per heavy atom. The molecule has 0 spiro atoms. The fourth-order valence-corrected chi connectivity index (χ4v) is 7.82. The number of rotatable bonds is 9. The predicted molar refractivity (Wildman–Crippen MR) is 178 cm³/mol. The maximum absolute atomic E-state index is 16.4. The maximum Gasteiger partial charge on any atom is 0.407 e. The highest BCUT2D eigenvalue weighted by Gasteiger charge is 2.54. The van der Waals surface area contributed by atoms with Gasteiger partial charge in [-0.05, 0) is 107 Å². The van der Waals surface area contributed by atoms with Gasteiger partial charge in [-0.2, -0.15) is 13.5 Å². The summed E-state index contributed by atoms with van der Waals surface area (Å²) in [4.78, 5) is 27.8. The second kappa shape index (κ2) is 13.3. The summed E-state index contributed by atoms with van der Waals surface area (Å²) >= 11 is 3.24. The van der Waals surface area contributed by atoms with E-state index in [1.165, 1.54) is 29.2 Å². The first-order valence-corrected chi connectivity index (χ1v) is 17.9. The molecule has 0 radical (unpaired) electrons. The van der Waals surface area contributed by atoms with Gasteiger partial charge in [0.1, 0.15) is 11.4 Å². The molecule has 2 amide bonds. The number of amides is 2. The van der Waals surface area contributed by atoms with E-state index in [0.717, 1.165) is 12.1 Å². The Morgan fingerprint density at radius 3 is 2.13 bits per heavy atom. The van der Waals surface area contributed by atoms with Gasteiger partial charge in [-0.1, -0.05) is 40.2 Å². The van der Waals surface area contributed by atoms with Crippen molar-refractivity contribution in [1.82, 2.24) is 14.9 Å². The van der Waals surface area contributed by atoms with E-state index in [0.29, 0.717) is 46.7 Å². The zero-order valence-corrected chi connectivity index (χ0v) is 29.3. The van der Waals surface area contributed by atoms with E-state index in [1.807, 2.05) is 13.8 Å². The van der Waals surface area contributed by atoms with Crippen LogP contribution in [0.15, 0.2) is 70.0 Å². The van der Waals surface area contributed by atoms with Crippen molar-refractivity contribution in [3.05, 3.63) is 70.7 Å². The number of fused-ring (bicyclic) bond motifs is 3. The third-order valence-electron chi connectivity index (χ3n) is 8.29. The van der Waals surface area contributed by atoms with Crippen LogP contribution in [-0.4, -0.2) is 61.2 Å². The van der Waals surface area contributed by atoms with Crippen LogP contribution in [0.4, 0.5) is 13.6 Å². The number of sulfonamides is 1. The molecule has 9 nitrogen and oxygen atoms in total. The summed E-state index contributed by atoms with van der Waals surface area (Å²) < 4.78 is 74.1. The molecule has 47 heavy (non-hydrogen) atoms. The van der Waals surface area contributed by atoms with E-state index < -0.39 is 57.2 Å². The minimum absolute atomic E-state index is 0.0552. The Bertz CT molecular complexity index is 1730. The number of alkyl carbamates (subject to hydrolysis) is 1. The fraction of sp³-hybridized carbons (Fsp3) is 0.471. The molecule has 5 rings (SSSR count). The second-order valence-corrected chi connectivity index (χ2v) is 16.1. The Kier molecular flexibility index (Phi) is 9.92. The van der Waals surface area contributed by atoms with Crippen LogP contribution in [0.1, 0.15) is 65.9 Å². The molecule has 2 aliphatic heterocycles. The normalized spacial score (nSPS) is 20.7. The first-order valence-electron chi connectivity index (χ1n) is 15.6. The third-order valence-corrected chi connectivity index (χ3v) is 10.2. The maximum atomic E-state index is 16.4. The number of nitrogens with zero attached hydrogens (tertiary/aromatic N) is 1. The summed E-state index contributed by atoms with van der Waals surface area (Å²) in [5, 5.41) is 4.10. The lowest BCUT2D eigenvalue weighted by Gasteiger charge is -2.42. The summed E-state index contributed by atoms with van der Waals surface area (Å²) in [7, 11) is -4.61. The molecule has 0 saturated carbocycles. The van der Waals surface area contributed by atoms with Crippen LogP contribution >= 0.6 is 15.9 Å². The Labute approximate surface area is 282 Å². The lowest BCUT2D eigenvalue weighted by Crippen LogP contribution is -2.61. The highest BCUT2D eigenvalue weighted by molar-refractivity contribution is 9.10. The van der Waals surface area contributed by atoms with Gasteiger partial charge < -0.3 is 19.7 Å². The first kappa shape index (κ1) is 35.0. The van der Waals surface area contributed by atoms with Crippen molar-refractivity contribution in [2.24, 2.45) is 0 Å². The highest BCUT2D eigenvalue weighted by Crippen LogP contribution is 2.40. The van der Waals surface area contributed by atoms with Crippen molar-refractivity contribution in [2.45, 2.75) is 107 Å². The average Bonchev–Trinajstić information content (AvgIpc) is 3.24. The van der Waals surface area contributed by atoms with Crippen molar-refractivity contribution in [1.29, 1.82) is 0 Å². The topological polar surface area (TPSA) is 114 Å². The number of carbonyl (C=O) groups is 2. The second-order valence-electron chi connectivity index (χ2n) is 13.5. The van der Waals surface area contributed by atoms with E-state index in [4.69, 9.17) is 9.47 Å². The number of benzene rings is 3. The molecule has 3 unspecified atom stereocenters. The van der Waals surface area contributed by atoms with E-state index in [1.54, 1.807) is 45.0 Å². The monoisotopic (exact) mass is 735 g/mol. The van der Waals surface area contributed by atoms with Gasteiger partial charge >= 0.3 is 6.09 Å². The fourth-order valence-electron chi connectivity index (χ4n) is 6.33. The van der Waals surface area contributed by atoms with Gasteiger partial charge in [-0.3, -0.25) is 4.79 Å². The van der Waals surface area contributed by atoms with Gasteiger partial charge in [0.2, 0.25) is 15.9 Å². The molecule has 3 atom stereocenters. The molecule has 2 saturated heterocycles. The number of alkyl halides is 2. The number of hydrogen-bond acceptors (Lipinski definition) is 6. The minimum atomic E-state index is -4.61. The molecule has 13 heteroatoms. The van der Waals surface area contributed by atoms with Gasteiger partial charge in [0, 0.05) is 28.2 Å². The summed E-state index contributed by atoms with van der Waals surface area (Å²) in [6.07, 6.45) is 1.10. The number of halogens is 3. The predicted octanol–water partition coefficient (Wildman–Crippen LogP) is 6.88. The number of nitrogens with one attached hydrogen (secondary N) is 2. The Morgan fingerprint density at radius 1 is 0.936 bits per heavy atom. The number of hydrogen-bond donors (Lipinski definition) is 2. The van der Waals surface area contributed by atoms with Crippen LogP contribution in [0.25, 0.3) is 10.8 Å². The molecule has 3 aromatic carbocycles. The molecule has 2 heterocycles. The van der Waals surface area contributed by atoms with Gasteiger partial charge in [0.15, 0.2) is 6.04 Å². The van der Waals surface area contributed by atoms with Crippen LogP contribution in [0.3, 0.4) is 0 Å². The van der Waals surface area contributed by atoms with E-state index >= 15 is 8.78 Å². The van der Waals surface area contributed by atoms with Gasteiger partial charge in [0.25, 0.3) is 5.92 Å². The summed E-state index contributed by atoms with van der Waals surface area (Å²) in [5.41, 5.74) is -1.20. The smallest absolute Gasteiger partial charge is 0.407 e. The average molecular weight is 737 g/mol. The van der Waals surface area contributed by atoms with Crippen LogP contribution in [0.2, 0.25) is 0 Å². The van der Waals surface area contributed by atoms with Crippen molar-refractivity contribution >= 4 is 48.7 Å². The molecular formula is C34H40BrF2N3O6S. The van der Waals surface area contributed by atoms with Crippen LogP contribution in [-0.2, 0) is 25.5 Å². The molecule has 2 fully saturated rings. The molecule has 0 aliphatic carbocycles. The standard InChI is InChI=1S/C34H40BrF2N3O6S/c1-20(2)45-28-14-6-22-17-29(15-7-21(22)16-28)47(43,44)39-30(34(36,37)23-8-10-24(35)11-9-23)31(41)40-26-12-13-27(40)19-25(18-26)38-32(42)46-33(3,4)5/h6-11,14-17,20,25-27,30,39H,12-13,18-19H2,1-5H3,(H,38,42). The third kappa shape index (κ3) is 8.06. The minimum Gasteiger partial charge on any atom is -0.491 e. The molecular weight excluding hydrogens is 696 g/mol. The summed E-state index contributed by atoms with van der Waals surface area (Å²) in [6.45, 7) is 9.03. The summed E-state index contributed by atoms with van der Waals surface area (Å²) in [5.74, 6) is -4.31. The van der Waals surface area contributed by atoms with Crippen molar-refractivity contribution in [3.63, 3.8) is 0 Å². The molecule has 2 aliphatic rings. The molecule has 0 aromatic heterocycles. The van der Waals surface area contributed by atoms with Crippen LogP contribution < -0.4 is 14.8 Å². The number of piperidine rings is 1. The van der Waals surface area contributed by atoms with Gasteiger partial charge in [-0.15, -0.1) is 0 Å². The van der Waals surface area contributed by atoms with Gasteiger partial charge in [0.05, 0.1) is 11.0 Å². The lowest BCUT2D eigenvalue weighted by molar-refractivity contribution is -0.149. The van der Waals surface area contributed by atoms with Crippen LogP contribution in [0, 0.1) is 0 Å². The SMILES string of the molecule is CC(C)Oc1ccc2cc(S(=O)(=O)NC(C(=O)N3C4CCC3CC(NC(=O)OC(C)(C)C)C4)C(F)(F)c3ccc(Br)cc3)ccc2c1.